The Morgan fingerprint density at radius 1 is 1.26 bits per heavy atom. The Labute approximate surface area is 167 Å². The van der Waals surface area contributed by atoms with Gasteiger partial charge in [0.25, 0.3) is 5.56 Å². The lowest BCUT2D eigenvalue weighted by Crippen LogP contribution is -2.29. The molecular formula is C20H23N3O2S2. The average Bonchev–Trinajstić information content (AvgIpc) is 3.14. The smallest absolute Gasteiger partial charge is 0.272 e. The minimum Gasteiger partial charge on any atom is -0.315 e. The van der Waals surface area contributed by atoms with Crippen molar-refractivity contribution >= 4 is 44.9 Å². The topological polar surface area (TPSA) is 55.2 Å². The van der Waals surface area contributed by atoms with Crippen LogP contribution in [0.2, 0.25) is 0 Å². The normalized spacial score (nSPS) is 11.3. The van der Waals surface area contributed by atoms with Crippen LogP contribution in [0, 0.1) is 5.92 Å². The molecule has 0 N–H and O–H groups in total. The zero-order valence-corrected chi connectivity index (χ0v) is 17.3. The molecule has 0 atom stereocenters. The fourth-order valence-electron chi connectivity index (χ4n) is 2.64. The van der Waals surface area contributed by atoms with Gasteiger partial charge in [0.15, 0.2) is 5.16 Å². The van der Waals surface area contributed by atoms with Gasteiger partial charge in [-0.1, -0.05) is 43.8 Å². The van der Waals surface area contributed by atoms with Gasteiger partial charge in [-0.25, -0.2) is 4.98 Å². The molecule has 2 aromatic heterocycles. The van der Waals surface area contributed by atoms with Crippen LogP contribution in [0.1, 0.15) is 20.3 Å². The Balaban J connectivity index is 1.81. The Morgan fingerprint density at radius 2 is 2.00 bits per heavy atom. The van der Waals surface area contributed by atoms with E-state index < -0.39 is 0 Å². The van der Waals surface area contributed by atoms with Gasteiger partial charge in [0.1, 0.15) is 4.70 Å². The van der Waals surface area contributed by atoms with Crippen molar-refractivity contribution in [3.63, 3.8) is 0 Å². The van der Waals surface area contributed by atoms with Crippen molar-refractivity contribution in [1.29, 1.82) is 0 Å². The molecule has 0 fully saturated rings. The summed E-state index contributed by atoms with van der Waals surface area (Å²) in [5.41, 5.74) is 1.54. The molecule has 0 saturated carbocycles. The van der Waals surface area contributed by atoms with Crippen LogP contribution in [-0.4, -0.2) is 28.3 Å². The zero-order chi connectivity index (χ0) is 19.4. The van der Waals surface area contributed by atoms with Crippen LogP contribution >= 0.6 is 23.1 Å². The summed E-state index contributed by atoms with van der Waals surface area (Å²) in [6.45, 7) is 4.88. The van der Waals surface area contributed by atoms with E-state index in [1.54, 1.807) is 16.5 Å². The van der Waals surface area contributed by atoms with Gasteiger partial charge in [-0.2, -0.15) is 0 Å². The molecule has 0 aliphatic rings. The van der Waals surface area contributed by atoms with Crippen molar-refractivity contribution in [2.45, 2.75) is 32.0 Å². The number of para-hydroxylation sites is 1. The van der Waals surface area contributed by atoms with E-state index in [4.69, 9.17) is 0 Å². The third-order valence-corrected chi connectivity index (χ3v) is 6.16. The third-order valence-electron chi connectivity index (χ3n) is 4.30. The molecule has 0 aliphatic heterocycles. The van der Waals surface area contributed by atoms with Gasteiger partial charge in [-0.05, 0) is 35.9 Å². The average molecular weight is 402 g/mol. The van der Waals surface area contributed by atoms with Gasteiger partial charge in [0.05, 0.1) is 11.3 Å². The van der Waals surface area contributed by atoms with Gasteiger partial charge < -0.3 is 4.90 Å². The van der Waals surface area contributed by atoms with E-state index in [-0.39, 0.29) is 17.2 Å². The van der Waals surface area contributed by atoms with Gasteiger partial charge in [-0.3, -0.25) is 14.2 Å². The van der Waals surface area contributed by atoms with E-state index in [1.165, 1.54) is 23.1 Å². The summed E-state index contributed by atoms with van der Waals surface area (Å²) in [4.78, 5) is 31.7. The molecule has 0 unspecified atom stereocenters. The van der Waals surface area contributed by atoms with Crippen LogP contribution in [0.3, 0.4) is 0 Å². The number of anilines is 1. The van der Waals surface area contributed by atoms with Gasteiger partial charge in [0.2, 0.25) is 5.91 Å². The van der Waals surface area contributed by atoms with Crippen LogP contribution < -0.4 is 10.5 Å². The minimum absolute atomic E-state index is 0.0120. The highest BCUT2D eigenvalue weighted by Gasteiger charge is 2.16. The Morgan fingerprint density at radius 3 is 2.70 bits per heavy atom. The van der Waals surface area contributed by atoms with E-state index in [0.717, 1.165) is 12.1 Å². The van der Waals surface area contributed by atoms with Gasteiger partial charge in [0, 0.05) is 19.3 Å². The number of fused-ring (bicyclic) bond motifs is 1. The number of thioether (sulfide) groups is 1. The maximum absolute atomic E-state index is 12.8. The summed E-state index contributed by atoms with van der Waals surface area (Å²) < 4.78 is 2.40. The number of hydrogen-bond donors (Lipinski definition) is 0. The van der Waals surface area contributed by atoms with Gasteiger partial charge >= 0.3 is 0 Å². The molecule has 7 heteroatoms. The van der Waals surface area contributed by atoms with Gasteiger partial charge in [-0.15, -0.1) is 11.3 Å². The first-order chi connectivity index (χ1) is 13.0. The predicted octanol–water partition coefficient (Wildman–Crippen LogP) is 4.26. The summed E-state index contributed by atoms with van der Waals surface area (Å²) in [5, 5.41) is 2.50. The number of thiophene rings is 1. The van der Waals surface area contributed by atoms with Crippen molar-refractivity contribution < 1.29 is 4.79 Å². The molecule has 0 aliphatic carbocycles. The van der Waals surface area contributed by atoms with Crippen molar-refractivity contribution in [3.8, 4) is 0 Å². The standard InChI is InChI=1S/C20H23N3O2S2/c1-14(2)9-11-23-19(25)18-16(10-12-26-18)21-20(23)27-13-17(24)22(3)15-7-5-4-6-8-15/h4-8,10,12,14H,9,11,13H2,1-3H3. The van der Waals surface area contributed by atoms with Crippen molar-refractivity contribution in [1.82, 2.24) is 9.55 Å². The fourth-order valence-corrected chi connectivity index (χ4v) is 4.35. The molecule has 0 saturated heterocycles. The van der Waals surface area contributed by atoms with Crippen LogP contribution in [0.5, 0.6) is 0 Å². The zero-order valence-electron chi connectivity index (χ0n) is 15.7. The monoisotopic (exact) mass is 401 g/mol. The summed E-state index contributed by atoms with van der Waals surface area (Å²) in [6, 6.07) is 11.4. The van der Waals surface area contributed by atoms with E-state index in [9.17, 15) is 9.59 Å². The van der Waals surface area contributed by atoms with Crippen LogP contribution in [-0.2, 0) is 11.3 Å². The van der Waals surface area contributed by atoms with E-state index in [0.29, 0.717) is 27.8 Å². The highest BCUT2D eigenvalue weighted by molar-refractivity contribution is 7.99. The van der Waals surface area contributed by atoms with Crippen molar-refractivity contribution in [2.75, 3.05) is 17.7 Å². The van der Waals surface area contributed by atoms with E-state index in [2.05, 4.69) is 18.8 Å². The molecule has 3 rings (SSSR count). The fraction of sp³-hybridized carbons (Fsp3) is 0.350. The molecule has 1 aromatic carbocycles. The van der Waals surface area contributed by atoms with Crippen molar-refractivity contribution in [2.24, 2.45) is 5.92 Å². The molecule has 27 heavy (non-hydrogen) atoms. The summed E-state index contributed by atoms with van der Waals surface area (Å²) >= 11 is 2.74. The predicted molar refractivity (Wildman–Crippen MR) is 114 cm³/mol. The maximum Gasteiger partial charge on any atom is 0.272 e. The molecule has 2 heterocycles. The number of nitrogens with zero attached hydrogens (tertiary/aromatic N) is 3. The maximum atomic E-state index is 12.8. The molecule has 0 radical (unpaired) electrons. The molecule has 1 amide bonds. The number of benzene rings is 1. The largest absolute Gasteiger partial charge is 0.315 e. The number of aromatic nitrogens is 2. The first-order valence-corrected chi connectivity index (χ1v) is 10.8. The second kappa shape index (κ2) is 8.71. The second-order valence-corrected chi connectivity index (χ2v) is 8.60. The number of amides is 1. The Bertz CT molecular complexity index is 980. The SMILES string of the molecule is CC(C)CCn1c(SCC(=O)N(C)c2ccccc2)nc2ccsc2c1=O. The molecule has 3 aromatic rings. The lowest BCUT2D eigenvalue weighted by Gasteiger charge is -2.18. The summed E-state index contributed by atoms with van der Waals surface area (Å²) in [6.07, 6.45) is 0.893. The van der Waals surface area contributed by atoms with E-state index in [1.807, 2.05) is 41.8 Å². The Kier molecular flexibility index (Phi) is 6.34. The number of rotatable bonds is 7. The molecule has 0 bridgehead atoms. The molecule has 142 valence electrons. The highest BCUT2D eigenvalue weighted by atomic mass is 32.2. The molecule has 0 spiro atoms. The quantitative estimate of drug-likeness (QED) is 0.438. The first kappa shape index (κ1) is 19.6. The van der Waals surface area contributed by atoms with E-state index >= 15 is 0 Å². The third kappa shape index (κ3) is 4.59. The van der Waals surface area contributed by atoms with Crippen LogP contribution in [0.25, 0.3) is 10.2 Å². The van der Waals surface area contributed by atoms with Crippen molar-refractivity contribution in [3.05, 3.63) is 52.1 Å². The van der Waals surface area contributed by atoms with Crippen LogP contribution in [0.4, 0.5) is 5.69 Å². The minimum atomic E-state index is -0.0266. The highest BCUT2D eigenvalue weighted by Crippen LogP contribution is 2.22. The summed E-state index contributed by atoms with van der Waals surface area (Å²) in [7, 11) is 1.76. The number of carbonyl (C=O) groups is 1. The summed E-state index contributed by atoms with van der Waals surface area (Å²) in [5.74, 6) is 0.690. The molecule has 5 nitrogen and oxygen atoms in total. The first-order valence-electron chi connectivity index (χ1n) is 8.90. The van der Waals surface area contributed by atoms with Crippen LogP contribution in [0.15, 0.2) is 51.7 Å². The lowest BCUT2D eigenvalue weighted by molar-refractivity contribution is -0.115. The number of carbonyl (C=O) groups excluding carboxylic acids is 1. The second-order valence-electron chi connectivity index (χ2n) is 6.75. The Hall–Kier alpha value is -2.12. The lowest BCUT2D eigenvalue weighted by atomic mass is 10.1. The number of hydrogen-bond acceptors (Lipinski definition) is 5. The molecular weight excluding hydrogens is 378 g/mol.